The third-order valence-corrected chi connectivity index (χ3v) is 7.44. The second-order valence-electron chi connectivity index (χ2n) is 8.90. The Kier molecular flexibility index (Phi) is 5.50. The summed E-state index contributed by atoms with van der Waals surface area (Å²) in [5, 5.41) is 0. The molecule has 0 saturated heterocycles. The zero-order valence-electron chi connectivity index (χ0n) is 17.8. The van der Waals surface area contributed by atoms with Crippen LogP contribution >= 0.6 is 0 Å². The van der Waals surface area contributed by atoms with E-state index in [1.165, 1.54) is 12.8 Å². The molecule has 1 aliphatic heterocycles. The minimum Gasteiger partial charge on any atom is -0.339 e. The number of aromatic nitrogens is 1. The Morgan fingerprint density at radius 2 is 1.86 bits per heavy atom. The monoisotopic (exact) mass is 396 g/mol. The van der Waals surface area contributed by atoms with Crippen molar-refractivity contribution in [3.63, 3.8) is 0 Å². The molecule has 5 nitrogen and oxygen atoms in total. The number of hydrogen-bond donors (Lipinski definition) is 0. The first-order valence-electron chi connectivity index (χ1n) is 11.2. The van der Waals surface area contributed by atoms with Crippen molar-refractivity contribution < 1.29 is 14.4 Å². The third kappa shape index (κ3) is 3.28. The van der Waals surface area contributed by atoms with Crippen LogP contribution in [0.5, 0.6) is 0 Å². The maximum atomic E-state index is 13.6. The van der Waals surface area contributed by atoms with Crippen molar-refractivity contribution in [3.8, 4) is 0 Å². The first-order valence-corrected chi connectivity index (χ1v) is 11.2. The zero-order chi connectivity index (χ0) is 20.7. The first-order chi connectivity index (χ1) is 14.0. The lowest BCUT2D eigenvalue weighted by Crippen LogP contribution is -2.42. The third-order valence-electron chi connectivity index (χ3n) is 7.44. The van der Waals surface area contributed by atoms with Crippen LogP contribution in [0.25, 0.3) is 0 Å². The molecular weight excluding hydrogens is 364 g/mol. The fourth-order valence-electron chi connectivity index (χ4n) is 5.83. The van der Waals surface area contributed by atoms with E-state index in [-0.39, 0.29) is 29.4 Å². The fraction of sp³-hybridized carbons (Fsp3) is 0.625. The van der Waals surface area contributed by atoms with Gasteiger partial charge in [-0.2, -0.15) is 0 Å². The van der Waals surface area contributed by atoms with E-state index in [0.29, 0.717) is 42.6 Å². The van der Waals surface area contributed by atoms with Gasteiger partial charge in [0.2, 0.25) is 5.91 Å². The average Bonchev–Trinajstić information content (AvgIpc) is 3.28. The number of nitrogens with zero attached hydrogens (tertiary/aromatic N) is 2. The molecule has 29 heavy (non-hydrogen) atoms. The van der Waals surface area contributed by atoms with Crippen LogP contribution in [0.2, 0.25) is 0 Å². The van der Waals surface area contributed by atoms with E-state index in [4.69, 9.17) is 0 Å². The van der Waals surface area contributed by atoms with Crippen molar-refractivity contribution in [2.24, 2.45) is 29.6 Å². The Hall–Kier alpha value is -2.17. The van der Waals surface area contributed by atoms with Gasteiger partial charge in [0.25, 0.3) is 5.91 Å². The summed E-state index contributed by atoms with van der Waals surface area (Å²) in [6.07, 6.45) is 11.2. The van der Waals surface area contributed by atoms with Crippen LogP contribution in [-0.4, -0.2) is 40.2 Å². The molecule has 1 amide bonds. The number of ketones is 1. The topological polar surface area (TPSA) is 59.4 Å². The lowest BCUT2D eigenvalue weighted by atomic mass is 9.62. The molecule has 156 valence electrons. The van der Waals surface area contributed by atoms with E-state index < -0.39 is 5.92 Å². The van der Waals surface area contributed by atoms with Gasteiger partial charge in [-0.05, 0) is 50.5 Å². The van der Waals surface area contributed by atoms with E-state index >= 15 is 0 Å². The molecule has 5 heteroatoms. The van der Waals surface area contributed by atoms with Crippen molar-refractivity contribution in [2.45, 2.75) is 52.9 Å². The van der Waals surface area contributed by atoms with Gasteiger partial charge >= 0.3 is 0 Å². The highest BCUT2D eigenvalue weighted by Crippen LogP contribution is 2.45. The highest BCUT2D eigenvalue weighted by molar-refractivity contribution is 6.07. The van der Waals surface area contributed by atoms with Crippen LogP contribution < -0.4 is 0 Å². The SMILES string of the molecule is CCN(CC)C(=O)c1ccn2c1CC(C(=O)C1C(C)C=CC3CCCCC31)C2=O. The van der Waals surface area contributed by atoms with Gasteiger partial charge in [-0.1, -0.05) is 31.9 Å². The highest BCUT2D eigenvalue weighted by atomic mass is 16.2. The molecule has 0 spiro atoms. The minimum absolute atomic E-state index is 0.0500. The van der Waals surface area contributed by atoms with E-state index in [1.807, 2.05) is 13.8 Å². The molecular formula is C24H32N2O3. The van der Waals surface area contributed by atoms with Gasteiger partial charge in [0.05, 0.1) is 5.56 Å². The molecule has 2 heterocycles. The quantitative estimate of drug-likeness (QED) is 0.559. The molecule has 3 aliphatic rings. The Bertz CT molecular complexity index is 848. The normalized spacial score (nSPS) is 30.7. The minimum atomic E-state index is -0.643. The summed E-state index contributed by atoms with van der Waals surface area (Å²) in [6, 6.07) is 1.73. The summed E-state index contributed by atoms with van der Waals surface area (Å²) < 4.78 is 1.56. The summed E-state index contributed by atoms with van der Waals surface area (Å²) in [7, 11) is 0. The first kappa shape index (κ1) is 20.1. The van der Waals surface area contributed by atoms with Gasteiger partial charge in [0.15, 0.2) is 0 Å². The van der Waals surface area contributed by atoms with E-state index in [2.05, 4.69) is 19.1 Å². The summed E-state index contributed by atoms with van der Waals surface area (Å²) in [6.45, 7) is 7.27. The predicted molar refractivity (Wildman–Crippen MR) is 112 cm³/mol. The second-order valence-corrected chi connectivity index (χ2v) is 8.90. The van der Waals surface area contributed by atoms with Crippen molar-refractivity contribution in [3.05, 3.63) is 35.7 Å². The molecule has 4 rings (SSSR count). The summed E-state index contributed by atoms with van der Waals surface area (Å²) in [4.78, 5) is 41.3. The van der Waals surface area contributed by atoms with Crippen LogP contribution in [0.15, 0.2) is 24.4 Å². The van der Waals surface area contributed by atoms with Crippen LogP contribution in [0.1, 0.15) is 67.3 Å². The fourth-order valence-corrected chi connectivity index (χ4v) is 5.83. The van der Waals surface area contributed by atoms with Gasteiger partial charge in [0, 0.05) is 37.3 Å². The Labute approximate surface area is 173 Å². The van der Waals surface area contributed by atoms with Crippen molar-refractivity contribution in [1.29, 1.82) is 0 Å². The molecule has 0 bridgehead atoms. The van der Waals surface area contributed by atoms with Crippen molar-refractivity contribution in [2.75, 3.05) is 13.1 Å². The standard InChI is InChI=1S/C24H32N2O3/c1-4-25(5-2)23(28)18-12-13-26-20(18)14-19(24(26)29)22(27)21-15(3)10-11-16-8-6-7-9-17(16)21/h10-13,15-17,19,21H,4-9,14H2,1-3H3. The number of amides is 1. The summed E-state index contributed by atoms with van der Waals surface area (Å²) >= 11 is 0. The Morgan fingerprint density at radius 3 is 2.59 bits per heavy atom. The van der Waals surface area contributed by atoms with Crippen LogP contribution in [0, 0.1) is 29.6 Å². The maximum absolute atomic E-state index is 13.6. The van der Waals surface area contributed by atoms with Gasteiger partial charge < -0.3 is 4.90 Å². The number of allylic oxidation sites excluding steroid dienone is 2. The molecule has 1 fully saturated rings. The molecule has 1 aromatic rings. The molecule has 1 saturated carbocycles. The van der Waals surface area contributed by atoms with Gasteiger partial charge in [0.1, 0.15) is 11.7 Å². The van der Waals surface area contributed by atoms with E-state index in [1.54, 1.807) is 21.7 Å². The molecule has 2 aliphatic carbocycles. The predicted octanol–water partition coefficient (Wildman–Crippen LogP) is 3.98. The average molecular weight is 397 g/mol. The molecule has 1 aromatic heterocycles. The Morgan fingerprint density at radius 1 is 1.14 bits per heavy atom. The zero-order valence-corrected chi connectivity index (χ0v) is 17.8. The smallest absolute Gasteiger partial charge is 0.255 e. The lowest BCUT2D eigenvalue weighted by Gasteiger charge is -2.41. The number of carbonyl (C=O) groups is 3. The molecule has 5 atom stereocenters. The number of fused-ring (bicyclic) bond motifs is 2. The van der Waals surface area contributed by atoms with Gasteiger partial charge in [-0.25, -0.2) is 0 Å². The maximum Gasteiger partial charge on any atom is 0.255 e. The number of carbonyl (C=O) groups excluding carboxylic acids is 3. The van der Waals surface area contributed by atoms with Crippen molar-refractivity contribution in [1.82, 2.24) is 9.47 Å². The second kappa shape index (κ2) is 7.92. The lowest BCUT2D eigenvalue weighted by molar-refractivity contribution is -0.129. The van der Waals surface area contributed by atoms with E-state index in [9.17, 15) is 14.4 Å². The number of rotatable bonds is 5. The van der Waals surface area contributed by atoms with Gasteiger partial charge in [-0.3, -0.25) is 19.0 Å². The molecule has 0 aromatic carbocycles. The summed E-state index contributed by atoms with van der Waals surface area (Å²) in [5.74, 6) is 0.176. The number of Topliss-reactive ketones (excluding diaryl/α,β-unsaturated/α-hetero) is 1. The highest BCUT2D eigenvalue weighted by Gasteiger charge is 2.46. The van der Waals surface area contributed by atoms with Gasteiger partial charge in [-0.15, -0.1) is 0 Å². The number of hydrogen-bond acceptors (Lipinski definition) is 3. The van der Waals surface area contributed by atoms with E-state index in [0.717, 1.165) is 12.8 Å². The summed E-state index contributed by atoms with van der Waals surface area (Å²) in [5.41, 5.74) is 1.29. The Balaban J connectivity index is 1.58. The molecule has 0 N–H and O–H groups in total. The van der Waals surface area contributed by atoms with Crippen LogP contribution in [0.3, 0.4) is 0 Å². The van der Waals surface area contributed by atoms with Crippen LogP contribution in [-0.2, 0) is 11.2 Å². The largest absolute Gasteiger partial charge is 0.339 e. The molecule has 5 unspecified atom stereocenters. The molecule has 0 radical (unpaired) electrons. The van der Waals surface area contributed by atoms with Crippen LogP contribution in [0.4, 0.5) is 0 Å². The van der Waals surface area contributed by atoms with Crippen molar-refractivity contribution >= 4 is 17.6 Å².